The van der Waals surface area contributed by atoms with Crippen molar-refractivity contribution in [3.63, 3.8) is 0 Å². The minimum Gasteiger partial charge on any atom is -0.348 e. The van der Waals surface area contributed by atoms with Crippen LogP contribution in [-0.2, 0) is 6.54 Å². The summed E-state index contributed by atoms with van der Waals surface area (Å²) in [4.78, 5) is 20.8. The zero-order valence-corrected chi connectivity index (χ0v) is 9.47. The molecule has 0 fully saturated rings. The second kappa shape index (κ2) is 3.26. The van der Waals surface area contributed by atoms with Crippen LogP contribution in [0.5, 0.6) is 0 Å². The van der Waals surface area contributed by atoms with Gasteiger partial charge in [-0.1, -0.05) is 12.1 Å². The van der Waals surface area contributed by atoms with Gasteiger partial charge >= 0.3 is 0 Å². The molecule has 0 radical (unpaired) electrons. The van der Waals surface area contributed by atoms with Gasteiger partial charge in [0.1, 0.15) is 0 Å². The molecule has 4 nitrogen and oxygen atoms in total. The summed E-state index contributed by atoms with van der Waals surface area (Å²) in [5.41, 5.74) is 3.44. The summed E-state index contributed by atoms with van der Waals surface area (Å²) in [6.45, 7) is 0.571. The SMILES string of the molecule is O=C1NCc2c1c1cccnc1c1ncccc21. The minimum absolute atomic E-state index is 0.0197. The van der Waals surface area contributed by atoms with Gasteiger partial charge in [-0.15, -0.1) is 0 Å². The lowest BCUT2D eigenvalue weighted by Gasteiger charge is -2.07. The maximum absolute atomic E-state index is 12.0. The first-order valence-corrected chi connectivity index (χ1v) is 5.79. The zero-order valence-electron chi connectivity index (χ0n) is 9.47. The molecule has 86 valence electrons. The number of hydrogen-bond acceptors (Lipinski definition) is 3. The number of nitrogens with one attached hydrogen (secondary N) is 1. The van der Waals surface area contributed by atoms with E-state index in [-0.39, 0.29) is 5.91 Å². The van der Waals surface area contributed by atoms with Crippen LogP contribution >= 0.6 is 0 Å². The van der Waals surface area contributed by atoms with E-state index < -0.39 is 0 Å². The second-order valence-electron chi connectivity index (χ2n) is 4.34. The second-order valence-corrected chi connectivity index (χ2v) is 4.34. The summed E-state index contributed by atoms with van der Waals surface area (Å²) >= 11 is 0. The number of benzene rings is 1. The van der Waals surface area contributed by atoms with Gasteiger partial charge in [-0.25, -0.2) is 0 Å². The fourth-order valence-corrected chi connectivity index (χ4v) is 2.63. The minimum atomic E-state index is -0.0197. The molecule has 0 aliphatic carbocycles. The fourth-order valence-electron chi connectivity index (χ4n) is 2.63. The van der Waals surface area contributed by atoms with Crippen LogP contribution in [-0.4, -0.2) is 15.9 Å². The number of fused-ring (bicyclic) bond motifs is 6. The quantitative estimate of drug-likeness (QED) is 0.606. The molecule has 1 N–H and O–H groups in total. The number of rotatable bonds is 0. The van der Waals surface area contributed by atoms with Gasteiger partial charge in [0.05, 0.1) is 16.6 Å². The number of nitrogens with zero attached hydrogens (tertiary/aromatic N) is 2. The van der Waals surface area contributed by atoms with E-state index >= 15 is 0 Å². The summed E-state index contributed by atoms with van der Waals surface area (Å²) in [6, 6.07) is 7.67. The summed E-state index contributed by atoms with van der Waals surface area (Å²) < 4.78 is 0. The van der Waals surface area contributed by atoms with Crippen molar-refractivity contribution in [3.05, 3.63) is 47.8 Å². The monoisotopic (exact) mass is 235 g/mol. The average molecular weight is 235 g/mol. The highest BCUT2D eigenvalue weighted by atomic mass is 16.1. The molecule has 4 rings (SSSR count). The van der Waals surface area contributed by atoms with E-state index in [2.05, 4.69) is 15.3 Å². The molecule has 0 saturated heterocycles. The highest BCUT2D eigenvalue weighted by Crippen LogP contribution is 2.32. The Labute approximate surface area is 103 Å². The van der Waals surface area contributed by atoms with Crippen LogP contribution in [0.1, 0.15) is 15.9 Å². The van der Waals surface area contributed by atoms with E-state index in [0.29, 0.717) is 6.54 Å². The lowest BCUT2D eigenvalue weighted by molar-refractivity contribution is 0.0967. The van der Waals surface area contributed by atoms with E-state index in [0.717, 1.165) is 32.9 Å². The molecule has 18 heavy (non-hydrogen) atoms. The smallest absolute Gasteiger partial charge is 0.252 e. The van der Waals surface area contributed by atoms with Gasteiger partial charge in [-0.2, -0.15) is 0 Å². The third kappa shape index (κ3) is 1.07. The van der Waals surface area contributed by atoms with Crippen LogP contribution in [0.4, 0.5) is 0 Å². The first-order chi connectivity index (χ1) is 8.86. The summed E-state index contributed by atoms with van der Waals surface area (Å²) in [7, 11) is 0. The molecule has 0 spiro atoms. The Bertz CT molecular complexity index is 811. The summed E-state index contributed by atoms with van der Waals surface area (Å²) in [5.74, 6) is -0.0197. The Kier molecular flexibility index (Phi) is 1.73. The molecular weight excluding hydrogens is 226 g/mol. The van der Waals surface area contributed by atoms with Crippen molar-refractivity contribution < 1.29 is 4.79 Å². The topological polar surface area (TPSA) is 54.9 Å². The van der Waals surface area contributed by atoms with Gasteiger partial charge in [0.2, 0.25) is 0 Å². The molecule has 3 aromatic rings. The van der Waals surface area contributed by atoms with Crippen LogP contribution in [0.3, 0.4) is 0 Å². The first kappa shape index (κ1) is 9.53. The predicted octanol–water partition coefficient (Wildman–Crippen LogP) is 2.03. The molecule has 0 saturated carbocycles. The molecule has 1 aromatic carbocycles. The molecule has 0 bridgehead atoms. The van der Waals surface area contributed by atoms with Gasteiger partial charge in [0.25, 0.3) is 5.91 Å². The number of amides is 1. The van der Waals surface area contributed by atoms with Crippen molar-refractivity contribution in [1.29, 1.82) is 0 Å². The van der Waals surface area contributed by atoms with Crippen LogP contribution in [0, 0.1) is 0 Å². The van der Waals surface area contributed by atoms with Gasteiger partial charge in [-0.05, 0) is 17.7 Å². The number of hydrogen-bond donors (Lipinski definition) is 1. The molecule has 1 aliphatic heterocycles. The van der Waals surface area contributed by atoms with Crippen molar-refractivity contribution in [1.82, 2.24) is 15.3 Å². The molecule has 3 heterocycles. The highest BCUT2D eigenvalue weighted by molar-refractivity contribution is 6.18. The molecule has 1 aliphatic rings. The van der Waals surface area contributed by atoms with Crippen LogP contribution in [0.2, 0.25) is 0 Å². The third-order valence-corrected chi connectivity index (χ3v) is 3.39. The van der Waals surface area contributed by atoms with Gasteiger partial charge in [-0.3, -0.25) is 14.8 Å². The van der Waals surface area contributed by atoms with Crippen molar-refractivity contribution in [2.45, 2.75) is 6.54 Å². The van der Waals surface area contributed by atoms with Gasteiger partial charge < -0.3 is 5.32 Å². The van der Waals surface area contributed by atoms with Crippen LogP contribution < -0.4 is 5.32 Å². The largest absolute Gasteiger partial charge is 0.348 e. The van der Waals surface area contributed by atoms with E-state index in [1.165, 1.54) is 0 Å². The average Bonchev–Trinajstić information content (AvgIpc) is 2.82. The van der Waals surface area contributed by atoms with Crippen molar-refractivity contribution in [2.75, 3.05) is 0 Å². The van der Waals surface area contributed by atoms with Crippen molar-refractivity contribution in [3.8, 4) is 0 Å². The molecule has 0 unspecified atom stereocenters. The number of carbonyl (C=O) groups is 1. The van der Waals surface area contributed by atoms with E-state index in [1.54, 1.807) is 12.4 Å². The Morgan fingerprint density at radius 2 is 1.67 bits per heavy atom. The molecule has 0 atom stereocenters. The Hall–Kier alpha value is -2.49. The molecule has 4 heteroatoms. The maximum Gasteiger partial charge on any atom is 0.252 e. The molecule has 1 amide bonds. The Morgan fingerprint density at radius 3 is 2.44 bits per heavy atom. The normalized spacial score (nSPS) is 13.9. The summed E-state index contributed by atoms with van der Waals surface area (Å²) in [6.07, 6.45) is 3.49. The van der Waals surface area contributed by atoms with Crippen molar-refractivity contribution in [2.24, 2.45) is 0 Å². The zero-order chi connectivity index (χ0) is 12.1. The fraction of sp³-hybridized carbons (Fsp3) is 0.0714. The first-order valence-electron chi connectivity index (χ1n) is 5.79. The number of pyridine rings is 2. The van der Waals surface area contributed by atoms with Crippen molar-refractivity contribution >= 4 is 27.7 Å². The lowest BCUT2D eigenvalue weighted by atomic mass is 9.98. The van der Waals surface area contributed by atoms with E-state index in [9.17, 15) is 4.79 Å². The predicted molar refractivity (Wildman–Crippen MR) is 68.2 cm³/mol. The Morgan fingerprint density at radius 1 is 1.00 bits per heavy atom. The highest BCUT2D eigenvalue weighted by Gasteiger charge is 2.25. The summed E-state index contributed by atoms with van der Waals surface area (Å²) in [5, 5.41) is 4.77. The number of carbonyl (C=O) groups excluding carboxylic acids is 1. The molecular formula is C14H9N3O. The lowest BCUT2D eigenvalue weighted by Crippen LogP contribution is -2.12. The van der Waals surface area contributed by atoms with E-state index in [1.807, 2.05) is 24.3 Å². The van der Waals surface area contributed by atoms with E-state index in [4.69, 9.17) is 0 Å². The van der Waals surface area contributed by atoms with Crippen LogP contribution in [0.25, 0.3) is 21.8 Å². The Balaban J connectivity index is 2.36. The number of aromatic nitrogens is 2. The standard InChI is InChI=1S/C14H9N3O/c18-14-11-9-4-2-6-16-13(9)12-8(3-1-5-15-12)10(11)7-17-14/h1-6H,7H2,(H,17,18). The van der Waals surface area contributed by atoms with Gasteiger partial charge in [0.15, 0.2) is 0 Å². The molecule has 2 aromatic heterocycles. The van der Waals surface area contributed by atoms with Gasteiger partial charge in [0, 0.05) is 29.7 Å². The van der Waals surface area contributed by atoms with Crippen LogP contribution in [0.15, 0.2) is 36.7 Å². The third-order valence-electron chi connectivity index (χ3n) is 3.39. The maximum atomic E-state index is 12.0.